The van der Waals surface area contributed by atoms with E-state index in [4.69, 9.17) is 9.47 Å². The van der Waals surface area contributed by atoms with Gasteiger partial charge < -0.3 is 19.9 Å². The van der Waals surface area contributed by atoms with Crippen molar-refractivity contribution in [1.29, 1.82) is 0 Å². The molecular weight excluding hydrogens is 296 g/mol. The van der Waals surface area contributed by atoms with Gasteiger partial charge in [0.2, 0.25) is 0 Å². The van der Waals surface area contributed by atoms with Gasteiger partial charge in [-0.15, -0.1) is 0 Å². The molecule has 0 aliphatic carbocycles. The third kappa shape index (κ3) is 4.36. The molecule has 0 amide bonds. The van der Waals surface area contributed by atoms with Crippen LogP contribution in [0.3, 0.4) is 0 Å². The molecule has 2 atom stereocenters. The Hall–Kier alpha value is -1.79. The van der Waals surface area contributed by atoms with Gasteiger partial charge in [-0.05, 0) is 32.9 Å². The summed E-state index contributed by atoms with van der Waals surface area (Å²) in [5, 5.41) is 13.1. The van der Waals surface area contributed by atoms with Gasteiger partial charge in [-0.1, -0.05) is 0 Å². The highest BCUT2D eigenvalue weighted by Crippen LogP contribution is 2.33. The van der Waals surface area contributed by atoms with Crippen molar-refractivity contribution in [2.75, 3.05) is 32.8 Å². The molecule has 6 heteroatoms. The lowest BCUT2D eigenvalue weighted by molar-refractivity contribution is -0.144. The molecule has 1 heterocycles. The summed E-state index contributed by atoms with van der Waals surface area (Å²) < 4.78 is 11.2. The van der Waals surface area contributed by atoms with Crippen molar-refractivity contribution < 1.29 is 19.4 Å². The molecule has 2 unspecified atom stereocenters. The van der Waals surface area contributed by atoms with E-state index in [2.05, 4.69) is 12.2 Å². The molecule has 2 rings (SSSR count). The number of aliphatic carboxylic acids is 1. The number of benzene rings is 1. The molecule has 0 aromatic heterocycles. The Morgan fingerprint density at radius 2 is 2.13 bits per heavy atom. The van der Waals surface area contributed by atoms with Gasteiger partial charge in [-0.2, -0.15) is 0 Å². The summed E-state index contributed by atoms with van der Waals surface area (Å²) in [6.07, 6.45) is 0. The minimum atomic E-state index is -0.857. The fourth-order valence-electron chi connectivity index (χ4n) is 2.96. The molecule has 6 nitrogen and oxygen atoms in total. The van der Waals surface area contributed by atoms with Crippen molar-refractivity contribution in [3.63, 3.8) is 0 Å². The van der Waals surface area contributed by atoms with Gasteiger partial charge in [0.25, 0.3) is 0 Å². The minimum absolute atomic E-state index is 0.267. The van der Waals surface area contributed by atoms with Gasteiger partial charge in [0, 0.05) is 37.3 Å². The molecular formula is C17H26N2O4. The van der Waals surface area contributed by atoms with Gasteiger partial charge in [0.15, 0.2) is 0 Å². The molecule has 1 aromatic carbocycles. The number of carboxylic acids is 1. The maximum Gasteiger partial charge on any atom is 0.325 e. The number of hydrogen-bond donors (Lipinski definition) is 2. The fraction of sp³-hybridized carbons (Fsp3) is 0.588. The molecule has 128 valence electrons. The summed E-state index contributed by atoms with van der Waals surface area (Å²) in [5.41, 5.74) is 0.678. The maximum atomic E-state index is 11.9. The van der Waals surface area contributed by atoms with Crippen molar-refractivity contribution in [3.8, 4) is 11.5 Å². The summed E-state index contributed by atoms with van der Waals surface area (Å²) >= 11 is 0. The Balaban J connectivity index is 2.35. The van der Waals surface area contributed by atoms with Crippen LogP contribution in [0.2, 0.25) is 0 Å². The van der Waals surface area contributed by atoms with Gasteiger partial charge in [0.1, 0.15) is 17.5 Å². The van der Waals surface area contributed by atoms with E-state index in [0.29, 0.717) is 43.4 Å². The van der Waals surface area contributed by atoms with Gasteiger partial charge >= 0.3 is 5.97 Å². The maximum absolute atomic E-state index is 11.9. The number of hydrogen-bond acceptors (Lipinski definition) is 5. The molecule has 1 aromatic rings. The Bertz CT molecular complexity index is 535. The lowest BCUT2D eigenvalue weighted by Crippen LogP contribution is -2.51. The van der Waals surface area contributed by atoms with Crippen LogP contribution in [0.15, 0.2) is 18.2 Å². The molecule has 0 spiro atoms. The summed E-state index contributed by atoms with van der Waals surface area (Å²) in [5.74, 6) is 0.416. The zero-order chi connectivity index (χ0) is 16.8. The van der Waals surface area contributed by atoms with E-state index in [1.807, 2.05) is 30.9 Å². The van der Waals surface area contributed by atoms with E-state index in [0.717, 1.165) is 6.54 Å². The predicted molar refractivity (Wildman–Crippen MR) is 88.2 cm³/mol. The van der Waals surface area contributed by atoms with Crippen LogP contribution in [0.25, 0.3) is 0 Å². The first-order valence-electron chi connectivity index (χ1n) is 8.16. The summed E-state index contributed by atoms with van der Waals surface area (Å²) in [6, 6.07) is 4.95. The average Bonchev–Trinajstić information content (AvgIpc) is 2.50. The molecule has 0 bridgehead atoms. The van der Waals surface area contributed by atoms with Crippen LogP contribution in [0.4, 0.5) is 0 Å². The van der Waals surface area contributed by atoms with Crippen LogP contribution in [-0.2, 0) is 4.79 Å². The van der Waals surface area contributed by atoms with Crippen LogP contribution in [-0.4, -0.2) is 54.9 Å². The monoisotopic (exact) mass is 322 g/mol. The highest BCUT2D eigenvalue weighted by molar-refractivity contribution is 5.77. The van der Waals surface area contributed by atoms with Crippen LogP contribution in [0, 0.1) is 0 Å². The van der Waals surface area contributed by atoms with Crippen LogP contribution >= 0.6 is 0 Å². The first-order valence-corrected chi connectivity index (χ1v) is 8.16. The van der Waals surface area contributed by atoms with Crippen molar-refractivity contribution in [2.45, 2.75) is 32.9 Å². The highest BCUT2D eigenvalue weighted by atomic mass is 16.5. The number of rotatable bonds is 7. The van der Waals surface area contributed by atoms with Crippen molar-refractivity contribution in [3.05, 3.63) is 23.8 Å². The average molecular weight is 322 g/mol. The largest absolute Gasteiger partial charge is 0.494 e. The van der Waals surface area contributed by atoms with Gasteiger partial charge in [-0.3, -0.25) is 9.69 Å². The highest BCUT2D eigenvalue weighted by Gasteiger charge is 2.32. The van der Waals surface area contributed by atoms with E-state index < -0.39 is 12.0 Å². The molecule has 0 radical (unpaired) electrons. The van der Waals surface area contributed by atoms with E-state index in [9.17, 15) is 9.90 Å². The third-order valence-corrected chi connectivity index (χ3v) is 3.89. The van der Waals surface area contributed by atoms with E-state index >= 15 is 0 Å². The van der Waals surface area contributed by atoms with E-state index in [-0.39, 0.29) is 6.04 Å². The molecule has 2 N–H and O–H groups in total. The lowest BCUT2D eigenvalue weighted by atomic mass is 10.0. The van der Waals surface area contributed by atoms with Crippen molar-refractivity contribution >= 4 is 5.97 Å². The van der Waals surface area contributed by atoms with Crippen LogP contribution < -0.4 is 14.8 Å². The first kappa shape index (κ1) is 17.6. The minimum Gasteiger partial charge on any atom is -0.494 e. The quantitative estimate of drug-likeness (QED) is 0.799. The molecule has 0 saturated carbocycles. The number of ether oxygens (including phenoxy) is 2. The summed E-state index contributed by atoms with van der Waals surface area (Å²) in [6.45, 7) is 9.07. The summed E-state index contributed by atoms with van der Waals surface area (Å²) in [7, 11) is 0. The van der Waals surface area contributed by atoms with Crippen LogP contribution in [0.5, 0.6) is 11.5 Å². The zero-order valence-electron chi connectivity index (χ0n) is 14.0. The Labute approximate surface area is 137 Å². The van der Waals surface area contributed by atoms with Crippen molar-refractivity contribution in [1.82, 2.24) is 10.2 Å². The Kier molecular flexibility index (Phi) is 6.24. The first-order chi connectivity index (χ1) is 11.1. The Morgan fingerprint density at radius 1 is 1.39 bits per heavy atom. The standard InChI is InChI=1S/C17H26N2O4/c1-4-22-13-6-7-14(15(10-13)23-5-2)16(17(20)21)19-9-8-18-12(3)11-19/h6-7,10,12,16,18H,4-5,8-9,11H2,1-3H3,(H,20,21). The number of nitrogens with zero attached hydrogens (tertiary/aromatic N) is 1. The van der Waals surface area contributed by atoms with Gasteiger partial charge in [0.05, 0.1) is 13.2 Å². The third-order valence-electron chi connectivity index (χ3n) is 3.89. The zero-order valence-corrected chi connectivity index (χ0v) is 14.0. The number of piperazine rings is 1. The summed E-state index contributed by atoms with van der Waals surface area (Å²) in [4.78, 5) is 13.9. The number of carboxylic acid groups (broad SMARTS) is 1. The second-order valence-corrected chi connectivity index (χ2v) is 5.66. The SMILES string of the molecule is CCOc1ccc(C(C(=O)O)N2CCNC(C)C2)c(OCC)c1. The van der Waals surface area contributed by atoms with Gasteiger partial charge in [-0.25, -0.2) is 0 Å². The predicted octanol–water partition coefficient (Wildman–Crippen LogP) is 1.90. The van der Waals surface area contributed by atoms with Crippen LogP contribution in [0.1, 0.15) is 32.4 Å². The van der Waals surface area contributed by atoms with E-state index in [1.165, 1.54) is 0 Å². The molecule has 1 saturated heterocycles. The van der Waals surface area contributed by atoms with E-state index in [1.54, 1.807) is 6.07 Å². The second kappa shape index (κ2) is 8.17. The molecule has 23 heavy (non-hydrogen) atoms. The fourth-order valence-corrected chi connectivity index (χ4v) is 2.96. The Morgan fingerprint density at radius 3 is 2.74 bits per heavy atom. The topological polar surface area (TPSA) is 71.0 Å². The molecule has 1 fully saturated rings. The number of carbonyl (C=O) groups is 1. The normalized spacial score (nSPS) is 20.0. The van der Waals surface area contributed by atoms with Crippen molar-refractivity contribution in [2.24, 2.45) is 0 Å². The molecule has 1 aliphatic rings. The molecule has 1 aliphatic heterocycles. The smallest absolute Gasteiger partial charge is 0.325 e. The number of nitrogens with one attached hydrogen (secondary N) is 1. The second-order valence-electron chi connectivity index (χ2n) is 5.66. The lowest BCUT2D eigenvalue weighted by Gasteiger charge is -2.36.